The minimum Gasteiger partial charge on any atom is -0.426 e. The van der Waals surface area contributed by atoms with Crippen molar-refractivity contribution >= 4 is 16.1 Å². The molecule has 0 aliphatic rings. The Kier molecular flexibility index (Phi) is 8.42. The van der Waals surface area contributed by atoms with Crippen LogP contribution >= 0.6 is 0 Å². The Bertz CT molecular complexity index is 637. The second kappa shape index (κ2) is 9.79. The molecule has 0 heterocycles. The summed E-state index contributed by atoms with van der Waals surface area (Å²) in [6, 6.07) is 5.71. The number of rotatable bonds is 10. The quantitative estimate of drug-likeness (QED) is 0.275. The summed E-state index contributed by atoms with van der Waals surface area (Å²) in [6.07, 6.45) is 4.71. The van der Waals surface area contributed by atoms with Crippen molar-refractivity contribution in [2.75, 3.05) is 12.9 Å². The number of carbonyl (C=O) groups excluding carboxylic acids is 1. The zero-order valence-corrected chi connectivity index (χ0v) is 15.8. The standard InChI is InChI=1S/C18H28O5S/c1-5-6-12-18(19)23-17-11-7-10-16(15(17)3)14(2)9-8-13-22-24(4,20)21/h7,10-11,14H,5-6,8-9,12-13H2,1-4H3. The summed E-state index contributed by atoms with van der Waals surface area (Å²) >= 11 is 0. The Hall–Kier alpha value is -1.40. The molecule has 1 rings (SSSR count). The van der Waals surface area contributed by atoms with Gasteiger partial charge < -0.3 is 4.74 Å². The van der Waals surface area contributed by atoms with E-state index >= 15 is 0 Å². The van der Waals surface area contributed by atoms with Crippen LogP contribution in [0.1, 0.15) is 63.0 Å². The first-order chi connectivity index (χ1) is 11.2. The van der Waals surface area contributed by atoms with Gasteiger partial charge in [-0.15, -0.1) is 0 Å². The lowest BCUT2D eigenvalue weighted by Gasteiger charge is -2.17. The number of ether oxygens (including phenoxy) is 1. The molecule has 0 N–H and O–H groups in total. The fraction of sp³-hybridized carbons (Fsp3) is 0.611. The van der Waals surface area contributed by atoms with Crippen molar-refractivity contribution < 1.29 is 22.1 Å². The molecular formula is C18H28O5S. The van der Waals surface area contributed by atoms with Gasteiger partial charge in [-0.1, -0.05) is 32.4 Å². The zero-order chi connectivity index (χ0) is 18.2. The van der Waals surface area contributed by atoms with Gasteiger partial charge in [0.1, 0.15) is 5.75 Å². The third-order valence-corrected chi connectivity index (χ3v) is 4.49. The van der Waals surface area contributed by atoms with Crippen LogP contribution in [0.2, 0.25) is 0 Å². The van der Waals surface area contributed by atoms with E-state index in [1.165, 1.54) is 0 Å². The van der Waals surface area contributed by atoms with E-state index in [-0.39, 0.29) is 18.5 Å². The first-order valence-corrected chi connectivity index (χ1v) is 10.2. The molecule has 0 amide bonds. The topological polar surface area (TPSA) is 69.7 Å². The van der Waals surface area contributed by atoms with Crippen molar-refractivity contribution in [1.82, 2.24) is 0 Å². The molecule has 0 saturated heterocycles. The monoisotopic (exact) mass is 356 g/mol. The highest BCUT2D eigenvalue weighted by Gasteiger charge is 2.14. The number of carbonyl (C=O) groups is 1. The van der Waals surface area contributed by atoms with Gasteiger partial charge in [-0.2, -0.15) is 8.42 Å². The second-order valence-corrected chi connectivity index (χ2v) is 7.76. The third-order valence-electron chi connectivity index (χ3n) is 3.89. The molecule has 1 atom stereocenters. The minimum absolute atomic E-state index is 0.188. The Balaban J connectivity index is 2.64. The minimum atomic E-state index is -3.38. The van der Waals surface area contributed by atoms with Crippen LogP contribution in [0.25, 0.3) is 0 Å². The van der Waals surface area contributed by atoms with Crippen LogP contribution in [0.4, 0.5) is 0 Å². The van der Waals surface area contributed by atoms with Gasteiger partial charge >= 0.3 is 5.97 Å². The predicted octanol–water partition coefficient (Wildman–Crippen LogP) is 3.95. The van der Waals surface area contributed by atoms with Gasteiger partial charge in [0.15, 0.2) is 0 Å². The van der Waals surface area contributed by atoms with E-state index in [0.29, 0.717) is 18.6 Å². The Morgan fingerprint density at radius 1 is 1.25 bits per heavy atom. The van der Waals surface area contributed by atoms with Crippen molar-refractivity contribution in [3.8, 4) is 5.75 Å². The van der Waals surface area contributed by atoms with Crippen LogP contribution in [-0.2, 0) is 19.1 Å². The maximum atomic E-state index is 11.8. The summed E-state index contributed by atoms with van der Waals surface area (Å²) in [5.41, 5.74) is 2.06. The summed E-state index contributed by atoms with van der Waals surface area (Å²) in [5.74, 6) is 0.626. The lowest BCUT2D eigenvalue weighted by molar-refractivity contribution is -0.134. The van der Waals surface area contributed by atoms with E-state index in [1.807, 2.05) is 32.0 Å². The third kappa shape index (κ3) is 7.45. The maximum absolute atomic E-state index is 11.8. The average Bonchev–Trinajstić information content (AvgIpc) is 2.50. The Labute approximate surface area is 145 Å². The van der Waals surface area contributed by atoms with Crippen molar-refractivity contribution in [2.24, 2.45) is 0 Å². The number of benzene rings is 1. The van der Waals surface area contributed by atoms with E-state index in [4.69, 9.17) is 8.92 Å². The smallest absolute Gasteiger partial charge is 0.311 e. The van der Waals surface area contributed by atoms with Gasteiger partial charge in [-0.05, 0) is 49.3 Å². The molecule has 1 aromatic rings. The summed E-state index contributed by atoms with van der Waals surface area (Å²) in [5, 5.41) is 0. The molecule has 0 radical (unpaired) electrons. The largest absolute Gasteiger partial charge is 0.426 e. The summed E-state index contributed by atoms with van der Waals surface area (Å²) in [4.78, 5) is 11.8. The average molecular weight is 356 g/mol. The van der Waals surface area contributed by atoms with Crippen LogP contribution < -0.4 is 4.74 Å². The molecule has 5 nitrogen and oxygen atoms in total. The van der Waals surface area contributed by atoms with Gasteiger partial charge in [0, 0.05) is 6.42 Å². The highest BCUT2D eigenvalue weighted by molar-refractivity contribution is 7.85. The van der Waals surface area contributed by atoms with Crippen LogP contribution in [0.5, 0.6) is 5.75 Å². The molecule has 0 spiro atoms. The molecule has 136 valence electrons. The van der Waals surface area contributed by atoms with Crippen molar-refractivity contribution in [2.45, 2.75) is 58.8 Å². The first kappa shape index (κ1) is 20.6. The molecule has 0 aliphatic heterocycles. The number of hydrogen-bond donors (Lipinski definition) is 0. The molecule has 0 saturated carbocycles. The van der Waals surface area contributed by atoms with Gasteiger partial charge in [0.25, 0.3) is 10.1 Å². The fourth-order valence-electron chi connectivity index (χ4n) is 2.53. The zero-order valence-electron chi connectivity index (χ0n) is 15.0. The van der Waals surface area contributed by atoms with Gasteiger partial charge in [-0.25, -0.2) is 0 Å². The SMILES string of the molecule is CCCCC(=O)Oc1cccc(C(C)CCCOS(C)(=O)=O)c1C. The van der Waals surface area contributed by atoms with Gasteiger partial charge in [-0.3, -0.25) is 8.98 Å². The molecule has 1 aromatic carbocycles. The fourth-order valence-corrected chi connectivity index (χ4v) is 2.95. The molecule has 6 heteroatoms. The highest BCUT2D eigenvalue weighted by Crippen LogP contribution is 2.30. The van der Waals surface area contributed by atoms with Crippen LogP contribution in [0, 0.1) is 6.92 Å². The summed E-state index contributed by atoms with van der Waals surface area (Å²) in [6.45, 7) is 6.25. The van der Waals surface area contributed by atoms with Crippen LogP contribution in [0.3, 0.4) is 0 Å². The number of esters is 1. The maximum Gasteiger partial charge on any atom is 0.311 e. The van der Waals surface area contributed by atoms with Crippen LogP contribution in [-0.4, -0.2) is 27.2 Å². The van der Waals surface area contributed by atoms with Crippen molar-refractivity contribution in [3.05, 3.63) is 29.3 Å². The van der Waals surface area contributed by atoms with Gasteiger partial charge in [0.2, 0.25) is 0 Å². The Morgan fingerprint density at radius 2 is 1.96 bits per heavy atom. The van der Waals surface area contributed by atoms with E-state index in [1.54, 1.807) is 0 Å². The molecule has 0 fully saturated rings. The molecule has 0 bridgehead atoms. The predicted molar refractivity (Wildman–Crippen MR) is 94.8 cm³/mol. The highest BCUT2D eigenvalue weighted by atomic mass is 32.2. The molecule has 24 heavy (non-hydrogen) atoms. The lowest BCUT2D eigenvalue weighted by Crippen LogP contribution is -2.10. The second-order valence-electron chi connectivity index (χ2n) is 6.12. The number of unbranched alkanes of at least 4 members (excludes halogenated alkanes) is 1. The van der Waals surface area contributed by atoms with Gasteiger partial charge in [0.05, 0.1) is 12.9 Å². The molecular weight excluding hydrogens is 328 g/mol. The van der Waals surface area contributed by atoms with E-state index < -0.39 is 10.1 Å². The summed E-state index contributed by atoms with van der Waals surface area (Å²) in [7, 11) is -3.38. The van der Waals surface area contributed by atoms with E-state index in [2.05, 4.69) is 6.92 Å². The molecule has 0 aromatic heterocycles. The molecule has 1 unspecified atom stereocenters. The normalized spacial score (nSPS) is 12.8. The lowest BCUT2D eigenvalue weighted by atomic mass is 9.92. The van der Waals surface area contributed by atoms with Crippen LogP contribution in [0.15, 0.2) is 18.2 Å². The van der Waals surface area contributed by atoms with Crippen molar-refractivity contribution in [1.29, 1.82) is 0 Å². The van der Waals surface area contributed by atoms with Crippen molar-refractivity contribution in [3.63, 3.8) is 0 Å². The summed E-state index contributed by atoms with van der Waals surface area (Å²) < 4.78 is 32.1. The Morgan fingerprint density at radius 3 is 2.58 bits per heavy atom. The first-order valence-electron chi connectivity index (χ1n) is 8.39. The number of hydrogen-bond acceptors (Lipinski definition) is 5. The van der Waals surface area contributed by atoms with E-state index in [9.17, 15) is 13.2 Å². The van der Waals surface area contributed by atoms with E-state index in [0.717, 1.165) is 36.6 Å². The molecule has 0 aliphatic carbocycles.